The molecule has 124 valence electrons. The topological polar surface area (TPSA) is 81.9 Å². The zero-order chi connectivity index (χ0) is 17.4. The van der Waals surface area contributed by atoms with E-state index in [1.165, 1.54) is 0 Å². The molecule has 0 fully saturated rings. The molecule has 3 aromatic carbocycles. The Morgan fingerprint density at radius 3 is 2.52 bits per heavy atom. The van der Waals surface area contributed by atoms with E-state index < -0.39 is 11.5 Å². The lowest BCUT2D eigenvalue weighted by Crippen LogP contribution is -2.36. The molecule has 25 heavy (non-hydrogen) atoms. The fraction of sp³-hybridized carbons (Fsp3) is 0.100. The standard InChI is InChI=1S/C20H16N2O3/c23-19-20(24,16-7-3-4-8-17(16)21-19)12-18(22-25)15-10-9-13-5-1-2-6-14(13)11-15/h1-11,24-25H,12H2,(H,21,23)/b22-18-/t20-/m0/s1. The fourth-order valence-corrected chi connectivity index (χ4v) is 3.28. The molecule has 3 aromatic rings. The molecule has 0 aromatic heterocycles. The minimum atomic E-state index is -1.76. The molecule has 0 aliphatic carbocycles. The van der Waals surface area contributed by atoms with E-state index >= 15 is 0 Å². The quantitative estimate of drug-likeness (QED) is 0.391. The van der Waals surface area contributed by atoms with E-state index in [0.717, 1.165) is 10.8 Å². The summed E-state index contributed by atoms with van der Waals surface area (Å²) in [5.41, 5.74) is 0.212. The first-order valence-corrected chi connectivity index (χ1v) is 7.95. The van der Waals surface area contributed by atoms with Gasteiger partial charge in [-0.05, 0) is 22.9 Å². The van der Waals surface area contributed by atoms with E-state index in [-0.39, 0.29) is 12.1 Å². The lowest BCUT2D eigenvalue weighted by molar-refractivity contribution is -0.132. The zero-order valence-electron chi connectivity index (χ0n) is 13.3. The Labute approximate surface area is 144 Å². The number of benzene rings is 3. The van der Waals surface area contributed by atoms with Gasteiger partial charge in [0.1, 0.15) is 0 Å². The van der Waals surface area contributed by atoms with Crippen molar-refractivity contribution in [3.63, 3.8) is 0 Å². The fourth-order valence-electron chi connectivity index (χ4n) is 3.28. The first kappa shape index (κ1) is 15.4. The van der Waals surface area contributed by atoms with Gasteiger partial charge in [0.25, 0.3) is 5.91 Å². The largest absolute Gasteiger partial charge is 0.411 e. The molecule has 1 atom stereocenters. The minimum absolute atomic E-state index is 0.120. The van der Waals surface area contributed by atoms with Gasteiger partial charge in [0.2, 0.25) is 0 Å². The molecule has 0 unspecified atom stereocenters. The number of carbonyl (C=O) groups excluding carboxylic acids is 1. The highest BCUT2D eigenvalue weighted by molar-refractivity contribution is 6.11. The Kier molecular flexibility index (Phi) is 3.51. The molecule has 5 heteroatoms. The number of nitrogens with one attached hydrogen (secondary N) is 1. The molecule has 0 bridgehead atoms. The Morgan fingerprint density at radius 1 is 1.00 bits per heavy atom. The Bertz CT molecular complexity index is 1010. The van der Waals surface area contributed by atoms with E-state index in [1.54, 1.807) is 24.3 Å². The summed E-state index contributed by atoms with van der Waals surface area (Å²) in [4.78, 5) is 12.4. The number of amides is 1. The summed E-state index contributed by atoms with van der Waals surface area (Å²) in [7, 11) is 0. The second-order valence-corrected chi connectivity index (χ2v) is 6.15. The van der Waals surface area contributed by atoms with Crippen LogP contribution in [0.25, 0.3) is 10.8 Å². The number of rotatable bonds is 3. The Balaban J connectivity index is 1.74. The third kappa shape index (κ3) is 2.45. The first-order valence-electron chi connectivity index (χ1n) is 7.95. The third-order valence-electron chi connectivity index (χ3n) is 4.62. The normalized spacial score (nSPS) is 19.7. The van der Waals surface area contributed by atoms with E-state index in [1.807, 2.05) is 42.5 Å². The highest BCUT2D eigenvalue weighted by atomic mass is 16.4. The first-order chi connectivity index (χ1) is 12.1. The van der Waals surface area contributed by atoms with E-state index in [4.69, 9.17) is 0 Å². The van der Waals surface area contributed by atoms with Gasteiger partial charge in [-0.1, -0.05) is 59.8 Å². The van der Waals surface area contributed by atoms with Crippen molar-refractivity contribution in [1.82, 2.24) is 0 Å². The van der Waals surface area contributed by atoms with Gasteiger partial charge in [-0.3, -0.25) is 4.79 Å². The van der Waals surface area contributed by atoms with Gasteiger partial charge in [0.15, 0.2) is 5.60 Å². The maximum Gasteiger partial charge on any atom is 0.261 e. The number of aliphatic hydroxyl groups is 1. The average Bonchev–Trinajstić information content (AvgIpc) is 2.90. The third-order valence-corrected chi connectivity index (χ3v) is 4.62. The van der Waals surface area contributed by atoms with Gasteiger partial charge in [0.05, 0.1) is 5.71 Å². The highest BCUT2D eigenvalue weighted by Crippen LogP contribution is 2.39. The number of hydrogen-bond donors (Lipinski definition) is 3. The van der Waals surface area contributed by atoms with Gasteiger partial charge < -0.3 is 15.6 Å². The molecule has 1 aliphatic heterocycles. The van der Waals surface area contributed by atoms with Gasteiger partial charge >= 0.3 is 0 Å². The van der Waals surface area contributed by atoms with Crippen LogP contribution in [0.3, 0.4) is 0 Å². The van der Waals surface area contributed by atoms with Gasteiger partial charge in [0, 0.05) is 23.2 Å². The summed E-state index contributed by atoms with van der Waals surface area (Å²) in [5, 5.41) is 28.6. The van der Waals surface area contributed by atoms with E-state index in [2.05, 4.69) is 10.5 Å². The van der Waals surface area contributed by atoms with Crippen LogP contribution >= 0.6 is 0 Å². The average molecular weight is 332 g/mol. The summed E-state index contributed by atoms with van der Waals surface area (Å²) in [6, 6.07) is 20.4. The van der Waals surface area contributed by atoms with Crippen molar-refractivity contribution >= 4 is 28.1 Å². The predicted octanol–water partition coefficient (Wildman–Crippen LogP) is 3.25. The van der Waals surface area contributed by atoms with Gasteiger partial charge in [-0.15, -0.1) is 0 Å². The molecule has 3 N–H and O–H groups in total. The molecule has 0 saturated carbocycles. The molecule has 0 saturated heterocycles. The van der Waals surface area contributed by atoms with Crippen LogP contribution in [0, 0.1) is 0 Å². The van der Waals surface area contributed by atoms with Crippen LogP contribution in [-0.2, 0) is 10.4 Å². The molecule has 0 spiro atoms. The molecule has 5 nitrogen and oxygen atoms in total. The van der Waals surface area contributed by atoms with Crippen LogP contribution in [-0.4, -0.2) is 21.9 Å². The molecule has 4 rings (SSSR count). The van der Waals surface area contributed by atoms with Crippen LogP contribution in [0.4, 0.5) is 5.69 Å². The van der Waals surface area contributed by atoms with E-state index in [0.29, 0.717) is 16.8 Å². The number of fused-ring (bicyclic) bond motifs is 2. The van der Waals surface area contributed by atoms with Crippen LogP contribution in [0.1, 0.15) is 17.5 Å². The maximum atomic E-state index is 12.4. The summed E-state index contributed by atoms with van der Waals surface area (Å²) < 4.78 is 0. The summed E-state index contributed by atoms with van der Waals surface area (Å²) in [6.07, 6.45) is -0.120. The van der Waals surface area contributed by atoms with Crippen molar-refractivity contribution < 1.29 is 15.1 Å². The SMILES string of the molecule is O=C1Nc2ccccc2[C@@]1(O)C/C(=N/O)c1ccc2ccccc2c1. The van der Waals surface area contributed by atoms with Gasteiger partial charge in [-0.25, -0.2) is 0 Å². The number of para-hydroxylation sites is 1. The zero-order valence-corrected chi connectivity index (χ0v) is 13.3. The summed E-state index contributed by atoms with van der Waals surface area (Å²) in [6.45, 7) is 0. The van der Waals surface area contributed by atoms with Crippen molar-refractivity contribution in [1.29, 1.82) is 0 Å². The van der Waals surface area contributed by atoms with Gasteiger partial charge in [-0.2, -0.15) is 0 Å². The maximum absolute atomic E-state index is 12.4. The molecule has 0 radical (unpaired) electrons. The van der Waals surface area contributed by atoms with Crippen molar-refractivity contribution in [2.24, 2.45) is 5.16 Å². The molecule has 1 amide bonds. The van der Waals surface area contributed by atoms with Crippen molar-refractivity contribution in [3.05, 3.63) is 77.9 Å². The molecule has 1 heterocycles. The number of oxime groups is 1. The van der Waals surface area contributed by atoms with Crippen molar-refractivity contribution in [2.75, 3.05) is 5.32 Å². The number of nitrogens with zero attached hydrogens (tertiary/aromatic N) is 1. The monoisotopic (exact) mass is 332 g/mol. The predicted molar refractivity (Wildman–Crippen MR) is 95.9 cm³/mol. The highest BCUT2D eigenvalue weighted by Gasteiger charge is 2.46. The Hall–Kier alpha value is -3.18. The van der Waals surface area contributed by atoms with Crippen LogP contribution in [0.15, 0.2) is 71.9 Å². The van der Waals surface area contributed by atoms with Crippen molar-refractivity contribution in [2.45, 2.75) is 12.0 Å². The second kappa shape index (κ2) is 5.72. The lowest BCUT2D eigenvalue weighted by Gasteiger charge is -2.21. The Morgan fingerprint density at radius 2 is 1.72 bits per heavy atom. The molecular formula is C20H16N2O3. The van der Waals surface area contributed by atoms with Crippen LogP contribution in [0.5, 0.6) is 0 Å². The van der Waals surface area contributed by atoms with Crippen LogP contribution in [0.2, 0.25) is 0 Å². The summed E-state index contributed by atoms with van der Waals surface area (Å²) >= 11 is 0. The van der Waals surface area contributed by atoms with E-state index in [9.17, 15) is 15.1 Å². The summed E-state index contributed by atoms with van der Waals surface area (Å²) in [5.74, 6) is -0.518. The molecular weight excluding hydrogens is 316 g/mol. The smallest absolute Gasteiger partial charge is 0.261 e. The second-order valence-electron chi connectivity index (χ2n) is 6.15. The van der Waals surface area contributed by atoms with Crippen molar-refractivity contribution in [3.8, 4) is 0 Å². The number of anilines is 1. The van der Waals surface area contributed by atoms with Crippen LogP contribution < -0.4 is 5.32 Å². The minimum Gasteiger partial charge on any atom is -0.411 e. The number of carbonyl (C=O) groups is 1. The number of hydrogen-bond acceptors (Lipinski definition) is 4. The molecule has 1 aliphatic rings. The lowest BCUT2D eigenvalue weighted by atomic mass is 9.87.